The van der Waals surface area contributed by atoms with Gasteiger partial charge in [-0.1, -0.05) is 213 Å². The number of nitrogens with zero attached hydrogens (tertiary/aromatic N) is 3. The molecule has 13 rings (SSSR count). The zero-order chi connectivity index (χ0) is 45.2. The van der Waals surface area contributed by atoms with E-state index in [1.54, 1.807) is 0 Å². The van der Waals surface area contributed by atoms with E-state index in [-0.39, 0.29) is 5.41 Å². The molecule has 9 aromatic carbocycles. The largest absolute Gasteiger partial charge is 0.208 e. The molecule has 0 fully saturated rings. The average Bonchev–Trinajstić information content (AvgIpc) is 3.88. The van der Waals surface area contributed by atoms with Crippen molar-refractivity contribution in [2.75, 3.05) is 0 Å². The minimum absolute atomic E-state index is 0.210. The van der Waals surface area contributed by atoms with Crippen LogP contribution in [0.25, 0.3) is 89.8 Å². The fraction of sp³-hybridized carbons (Fsp3) is 0.0615. The van der Waals surface area contributed by atoms with Crippen LogP contribution in [0.2, 0.25) is 0 Å². The fourth-order valence-corrected chi connectivity index (χ4v) is 11.2. The number of benzene rings is 9. The third-order valence-electron chi connectivity index (χ3n) is 14.5. The van der Waals surface area contributed by atoms with E-state index >= 15 is 0 Å². The van der Waals surface area contributed by atoms with Crippen LogP contribution in [0.5, 0.6) is 0 Å². The zero-order valence-corrected chi connectivity index (χ0v) is 37.6. The summed E-state index contributed by atoms with van der Waals surface area (Å²) in [5.41, 5.74) is 20.2. The second-order valence-electron chi connectivity index (χ2n) is 18.6. The zero-order valence-electron chi connectivity index (χ0n) is 37.6. The second-order valence-corrected chi connectivity index (χ2v) is 18.6. The Balaban J connectivity index is 1.07. The van der Waals surface area contributed by atoms with Crippen LogP contribution in [-0.4, -0.2) is 15.0 Å². The first-order valence-electron chi connectivity index (χ1n) is 23.6. The molecule has 3 nitrogen and oxygen atoms in total. The lowest BCUT2D eigenvalue weighted by atomic mass is 9.70. The van der Waals surface area contributed by atoms with E-state index in [1.807, 2.05) is 0 Å². The topological polar surface area (TPSA) is 38.7 Å². The minimum atomic E-state index is -0.501. The van der Waals surface area contributed by atoms with Gasteiger partial charge >= 0.3 is 0 Å². The highest BCUT2D eigenvalue weighted by atomic mass is 15.0. The summed E-state index contributed by atoms with van der Waals surface area (Å²) in [6, 6.07) is 79.2. The molecule has 0 saturated carbocycles. The third-order valence-corrected chi connectivity index (χ3v) is 14.5. The molecule has 0 N–H and O–H groups in total. The highest BCUT2D eigenvalue weighted by Crippen LogP contribution is 2.63. The summed E-state index contributed by atoms with van der Waals surface area (Å²) in [6.45, 7) is 2.32. The molecule has 0 amide bonds. The van der Waals surface area contributed by atoms with Gasteiger partial charge in [0.1, 0.15) is 0 Å². The molecule has 1 aromatic heterocycles. The number of fused-ring (bicyclic) bond motifs is 10. The van der Waals surface area contributed by atoms with E-state index in [1.165, 1.54) is 50.1 Å². The summed E-state index contributed by atoms with van der Waals surface area (Å²) in [5.74, 6) is 1.88. The van der Waals surface area contributed by atoms with Crippen molar-refractivity contribution in [2.24, 2.45) is 0 Å². The van der Waals surface area contributed by atoms with Crippen molar-refractivity contribution in [1.82, 2.24) is 15.0 Å². The van der Waals surface area contributed by atoms with Crippen LogP contribution in [0.15, 0.2) is 243 Å². The van der Waals surface area contributed by atoms with Gasteiger partial charge in [0.05, 0.1) is 5.41 Å². The van der Waals surface area contributed by atoms with Crippen LogP contribution in [-0.2, 0) is 10.8 Å². The molecular weight excluding hydrogens is 823 g/mol. The Morgan fingerprint density at radius 2 is 0.721 bits per heavy atom. The summed E-state index contributed by atoms with van der Waals surface area (Å²) in [5, 5.41) is 0. The molecular formula is C65H45N3. The van der Waals surface area contributed by atoms with E-state index in [2.05, 4.69) is 250 Å². The van der Waals surface area contributed by atoms with Crippen LogP contribution >= 0.6 is 0 Å². The lowest BCUT2D eigenvalue weighted by Crippen LogP contribution is -2.25. The maximum atomic E-state index is 5.53. The Hall–Kier alpha value is -8.53. The Bertz CT molecular complexity index is 3540. The number of hydrogen-bond acceptors (Lipinski definition) is 3. The Morgan fingerprint density at radius 1 is 0.324 bits per heavy atom. The van der Waals surface area contributed by atoms with Crippen molar-refractivity contribution in [3.63, 3.8) is 0 Å². The van der Waals surface area contributed by atoms with Gasteiger partial charge < -0.3 is 0 Å². The highest BCUT2D eigenvalue weighted by Gasteiger charge is 2.51. The van der Waals surface area contributed by atoms with Crippen LogP contribution in [0.1, 0.15) is 41.2 Å². The second kappa shape index (κ2) is 15.8. The lowest BCUT2D eigenvalue weighted by Gasteiger charge is -2.30. The minimum Gasteiger partial charge on any atom is -0.208 e. The molecule has 1 atom stereocenters. The van der Waals surface area contributed by atoms with Gasteiger partial charge in [-0.15, -0.1) is 0 Å². The predicted molar refractivity (Wildman–Crippen MR) is 279 cm³/mol. The van der Waals surface area contributed by atoms with Gasteiger partial charge in [0.15, 0.2) is 17.5 Å². The van der Waals surface area contributed by atoms with Crippen LogP contribution in [0, 0.1) is 0 Å². The normalized spacial score (nSPS) is 15.7. The van der Waals surface area contributed by atoms with Crippen LogP contribution in [0.3, 0.4) is 0 Å². The molecule has 0 bridgehead atoms. The van der Waals surface area contributed by atoms with Gasteiger partial charge in [0.2, 0.25) is 0 Å². The highest BCUT2D eigenvalue weighted by molar-refractivity contribution is 5.96. The molecule has 0 saturated heterocycles. The summed E-state index contributed by atoms with van der Waals surface area (Å²) >= 11 is 0. The quantitative estimate of drug-likeness (QED) is 0.160. The molecule has 3 aliphatic carbocycles. The SMILES string of the molecule is CC1(c2cc(-c3ccccc3)cc(-c3nc(-c4cc(-c5ccccc5)cc(-c5ccccc5)c4)nc(-c4ccc5c(c4)C4(c6ccccc6-c6ccccc64)c4ccccc4-5)n3)c2)C=CC=CC1. The van der Waals surface area contributed by atoms with Crippen molar-refractivity contribution < 1.29 is 0 Å². The Kier molecular flexibility index (Phi) is 9.26. The van der Waals surface area contributed by atoms with Crippen molar-refractivity contribution >= 4 is 0 Å². The number of aromatic nitrogens is 3. The molecule has 1 unspecified atom stereocenters. The first-order chi connectivity index (χ1) is 33.5. The van der Waals surface area contributed by atoms with Gasteiger partial charge in [-0.3, -0.25) is 0 Å². The maximum Gasteiger partial charge on any atom is 0.164 e. The molecule has 0 radical (unpaired) electrons. The number of hydrogen-bond donors (Lipinski definition) is 0. The molecule has 3 heteroatoms. The molecule has 0 aliphatic heterocycles. The molecule has 1 heterocycles. The summed E-state index contributed by atoms with van der Waals surface area (Å²) < 4.78 is 0. The van der Waals surface area contributed by atoms with Crippen molar-refractivity contribution in [1.29, 1.82) is 0 Å². The van der Waals surface area contributed by atoms with Crippen molar-refractivity contribution in [3.8, 4) is 89.8 Å². The standard InChI is InChI=1S/C65H45N3/c1-64(34-18-5-19-35-64)52-40-49(45-24-10-4-11-25-45)39-51(41-52)63-67-61(66-62(68-63)50-37-47(43-20-6-2-7-21-43)36-48(38-50)44-22-8-3-9-23-44)46-32-33-56-55-28-14-17-31-59(55)65(60(56)42-46)57-29-15-12-26-53(57)54-27-13-16-30-58(54)65/h2-34,36-42H,35H2,1H3. The third kappa shape index (κ3) is 6.38. The van der Waals surface area contributed by atoms with Gasteiger partial charge in [-0.25, -0.2) is 15.0 Å². The van der Waals surface area contributed by atoms with Crippen molar-refractivity contribution in [2.45, 2.75) is 24.2 Å². The molecule has 10 aromatic rings. The smallest absolute Gasteiger partial charge is 0.164 e. The lowest BCUT2D eigenvalue weighted by molar-refractivity contribution is 0.600. The molecule has 3 aliphatic rings. The summed E-state index contributed by atoms with van der Waals surface area (Å²) in [7, 11) is 0. The van der Waals surface area contributed by atoms with E-state index in [0.29, 0.717) is 17.5 Å². The predicted octanol–water partition coefficient (Wildman–Crippen LogP) is 16.0. The van der Waals surface area contributed by atoms with Crippen LogP contribution in [0.4, 0.5) is 0 Å². The van der Waals surface area contributed by atoms with Gasteiger partial charge in [0, 0.05) is 22.1 Å². The van der Waals surface area contributed by atoms with E-state index in [9.17, 15) is 0 Å². The van der Waals surface area contributed by atoms with E-state index in [4.69, 9.17) is 15.0 Å². The number of rotatable bonds is 7. The maximum absolute atomic E-state index is 5.53. The molecule has 68 heavy (non-hydrogen) atoms. The number of allylic oxidation sites excluding steroid dienone is 4. The summed E-state index contributed by atoms with van der Waals surface area (Å²) in [4.78, 5) is 16.5. The molecule has 1 spiro atoms. The fourth-order valence-electron chi connectivity index (χ4n) is 11.2. The average molecular weight is 868 g/mol. The van der Waals surface area contributed by atoms with E-state index < -0.39 is 5.41 Å². The van der Waals surface area contributed by atoms with Gasteiger partial charge in [0.25, 0.3) is 0 Å². The van der Waals surface area contributed by atoms with Crippen molar-refractivity contribution in [3.05, 3.63) is 271 Å². The van der Waals surface area contributed by atoms with Gasteiger partial charge in [-0.05, 0) is 126 Å². The van der Waals surface area contributed by atoms with Gasteiger partial charge in [-0.2, -0.15) is 0 Å². The first kappa shape index (κ1) is 39.8. The Labute approximate surface area is 397 Å². The summed E-state index contributed by atoms with van der Waals surface area (Å²) in [6.07, 6.45) is 9.79. The first-order valence-corrected chi connectivity index (χ1v) is 23.6. The Morgan fingerprint density at radius 3 is 1.21 bits per heavy atom. The molecule has 320 valence electrons. The van der Waals surface area contributed by atoms with E-state index in [0.717, 1.165) is 56.5 Å². The monoisotopic (exact) mass is 867 g/mol. The van der Waals surface area contributed by atoms with Crippen LogP contribution < -0.4 is 0 Å².